The summed E-state index contributed by atoms with van der Waals surface area (Å²) < 4.78 is 16.3. The summed E-state index contributed by atoms with van der Waals surface area (Å²) in [6, 6.07) is 2.78. The number of carbonyl (C=O) groups is 1. The van der Waals surface area contributed by atoms with E-state index in [1.807, 2.05) is 0 Å². The molecular weight excluding hydrogens is 413 g/mol. The van der Waals surface area contributed by atoms with E-state index >= 15 is 0 Å². The third kappa shape index (κ3) is 2.80. The van der Waals surface area contributed by atoms with Gasteiger partial charge >= 0.3 is 5.97 Å². The number of carboxylic acid groups (broad SMARTS) is 1. The number of anilines is 2. The third-order valence-corrected chi connectivity index (χ3v) is 5.78. The lowest BCUT2D eigenvalue weighted by Gasteiger charge is -2.39. The molecular formula is C18H14FN7O3S. The molecule has 0 amide bonds. The summed E-state index contributed by atoms with van der Waals surface area (Å²) in [5.41, 5.74) is 5.36. The number of H-pyrrole nitrogens is 1. The zero-order valence-electron chi connectivity index (χ0n) is 15.2. The topological polar surface area (TPSA) is 143 Å². The Morgan fingerprint density at radius 2 is 2.17 bits per heavy atom. The van der Waals surface area contributed by atoms with Gasteiger partial charge in [0.2, 0.25) is 5.43 Å². The molecule has 4 N–H and O–H groups in total. The van der Waals surface area contributed by atoms with E-state index in [2.05, 4.69) is 20.2 Å². The second kappa shape index (κ2) is 6.62. The molecule has 4 aromatic rings. The number of aromatic amines is 1. The number of fused-ring (bicyclic) bond motifs is 1. The highest BCUT2D eigenvalue weighted by molar-refractivity contribution is 7.12. The lowest BCUT2D eigenvalue weighted by atomic mass is 9.96. The van der Waals surface area contributed by atoms with Crippen LogP contribution in [0.1, 0.15) is 22.0 Å². The largest absolute Gasteiger partial charge is 0.477 e. The summed E-state index contributed by atoms with van der Waals surface area (Å²) in [7, 11) is 0. The van der Waals surface area contributed by atoms with Gasteiger partial charge < -0.3 is 15.7 Å². The fourth-order valence-corrected chi connectivity index (χ4v) is 4.10. The molecule has 4 aromatic heterocycles. The maximum atomic E-state index is 14.9. The smallest absolute Gasteiger partial charge is 0.341 e. The first-order chi connectivity index (χ1) is 14.4. The molecule has 0 spiro atoms. The van der Waals surface area contributed by atoms with Gasteiger partial charge in [0.05, 0.1) is 5.39 Å². The minimum atomic E-state index is -1.40. The molecule has 1 saturated heterocycles. The van der Waals surface area contributed by atoms with Gasteiger partial charge in [-0.05, 0) is 6.07 Å². The van der Waals surface area contributed by atoms with Gasteiger partial charge in [0.1, 0.15) is 11.4 Å². The van der Waals surface area contributed by atoms with Crippen molar-refractivity contribution in [1.29, 1.82) is 0 Å². The molecule has 0 unspecified atom stereocenters. The van der Waals surface area contributed by atoms with Crippen LogP contribution in [0.15, 0.2) is 34.7 Å². The van der Waals surface area contributed by atoms with Gasteiger partial charge in [-0.2, -0.15) is 5.10 Å². The number of aromatic carboxylic acids is 1. The number of nitrogens with one attached hydrogen (secondary N) is 1. The van der Waals surface area contributed by atoms with E-state index < -0.39 is 22.8 Å². The molecule has 30 heavy (non-hydrogen) atoms. The van der Waals surface area contributed by atoms with Crippen molar-refractivity contribution in [3.05, 3.63) is 57.2 Å². The number of nitrogens with zero attached hydrogens (tertiary/aromatic N) is 5. The van der Waals surface area contributed by atoms with E-state index in [4.69, 9.17) is 5.73 Å². The predicted molar refractivity (Wildman–Crippen MR) is 108 cm³/mol. The van der Waals surface area contributed by atoms with E-state index in [1.165, 1.54) is 22.1 Å². The number of hydrogen-bond donors (Lipinski definition) is 3. The maximum absolute atomic E-state index is 14.9. The molecule has 0 atom stereocenters. The Labute approximate surface area is 171 Å². The Morgan fingerprint density at radius 1 is 1.37 bits per heavy atom. The predicted octanol–water partition coefficient (Wildman–Crippen LogP) is 1.59. The second-order valence-electron chi connectivity index (χ2n) is 6.88. The van der Waals surface area contributed by atoms with Crippen molar-refractivity contribution >= 4 is 40.0 Å². The number of thiazole rings is 1. The molecule has 1 aliphatic heterocycles. The number of rotatable bonds is 4. The van der Waals surface area contributed by atoms with Crippen molar-refractivity contribution < 1.29 is 14.3 Å². The Hall–Kier alpha value is -3.80. The van der Waals surface area contributed by atoms with Gasteiger partial charge in [-0.15, -0.1) is 11.3 Å². The maximum Gasteiger partial charge on any atom is 0.341 e. The monoisotopic (exact) mass is 427 g/mol. The molecule has 1 aliphatic rings. The van der Waals surface area contributed by atoms with Gasteiger partial charge in [0, 0.05) is 48.5 Å². The summed E-state index contributed by atoms with van der Waals surface area (Å²) in [6.45, 7) is 0.984. The minimum absolute atomic E-state index is 0.0824. The number of pyridine rings is 2. The lowest BCUT2D eigenvalue weighted by molar-refractivity contribution is 0.0695. The van der Waals surface area contributed by atoms with Gasteiger partial charge in [-0.1, -0.05) is 0 Å². The lowest BCUT2D eigenvalue weighted by Crippen LogP contribution is -2.46. The first kappa shape index (κ1) is 18.2. The summed E-state index contributed by atoms with van der Waals surface area (Å²) in [6.07, 6.45) is 2.72. The Bertz CT molecular complexity index is 1340. The van der Waals surface area contributed by atoms with Gasteiger partial charge in [0.25, 0.3) is 0 Å². The fourth-order valence-electron chi connectivity index (χ4n) is 3.48. The quantitative estimate of drug-likeness (QED) is 0.446. The van der Waals surface area contributed by atoms with Crippen molar-refractivity contribution in [2.75, 3.05) is 23.7 Å². The van der Waals surface area contributed by atoms with Gasteiger partial charge in [0.15, 0.2) is 22.4 Å². The molecule has 0 radical (unpaired) electrons. The van der Waals surface area contributed by atoms with Crippen LogP contribution in [0.25, 0.3) is 16.2 Å². The molecule has 12 heteroatoms. The van der Waals surface area contributed by atoms with Crippen LogP contribution in [0.3, 0.4) is 0 Å². The van der Waals surface area contributed by atoms with Crippen molar-refractivity contribution in [2.45, 2.75) is 5.92 Å². The minimum Gasteiger partial charge on any atom is -0.477 e. The zero-order valence-corrected chi connectivity index (χ0v) is 16.1. The SMILES string of the molecule is Nc1cc(C2CN(c3nc4c(cc3F)c(=O)c(C(=O)O)cn4-c3nccs3)C2)[nH]n1. The first-order valence-corrected chi connectivity index (χ1v) is 9.75. The summed E-state index contributed by atoms with van der Waals surface area (Å²) in [5.74, 6) is -1.53. The molecule has 0 aliphatic carbocycles. The normalized spacial score (nSPS) is 14.2. The van der Waals surface area contributed by atoms with Gasteiger partial charge in [-0.3, -0.25) is 14.5 Å². The number of aromatic nitrogens is 5. The van der Waals surface area contributed by atoms with Crippen LogP contribution in [0.5, 0.6) is 0 Å². The van der Waals surface area contributed by atoms with Crippen LogP contribution in [-0.2, 0) is 0 Å². The number of halogens is 1. The number of nitrogen functional groups attached to an aromatic ring is 1. The molecule has 0 saturated carbocycles. The van der Waals surface area contributed by atoms with Crippen LogP contribution < -0.4 is 16.1 Å². The van der Waals surface area contributed by atoms with Crippen LogP contribution in [-0.4, -0.2) is 48.9 Å². The van der Waals surface area contributed by atoms with E-state index in [1.54, 1.807) is 22.5 Å². The average molecular weight is 427 g/mol. The van der Waals surface area contributed by atoms with Crippen molar-refractivity contribution in [3.8, 4) is 5.13 Å². The van der Waals surface area contributed by atoms with E-state index in [-0.39, 0.29) is 22.8 Å². The van der Waals surface area contributed by atoms with E-state index in [0.29, 0.717) is 24.0 Å². The van der Waals surface area contributed by atoms with Crippen LogP contribution in [0.4, 0.5) is 16.0 Å². The average Bonchev–Trinajstić information content (AvgIpc) is 3.34. The first-order valence-electron chi connectivity index (χ1n) is 8.87. The Balaban J connectivity index is 1.61. The Morgan fingerprint density at radius 3 is 2.80 bits per heavy atom. The standard InChI is InChI=1S/C18H14FN7O3S/c19-11-3-9-14(27)10(17(28)29)7-26(18-21-1-2-30-18)15(9)22-16(11)25-5-8(6-25)12-4-13(20)24-23-12/h1-4,7-8H,5-6H2,(H,28,29)(H3,20,23,24). The van der Waals surface area contributed by atoms with Crippen molar-refractivity contribution in [1.82, 2.24) is 24.7 Å². The van der Waals surface area contributed by atoms with Crippen LogP contribution >= 0.6 is 11.3 Å². The van der Waals surface area contributed by atoms with Gasteiger partial charge in [-0.25, -0.2) is 19.2 Å². The number of hydrogen-bond acceptors (Lipinski definition) is 8. The second-order valence-corrected chi connectivity index (χ2v) is 7.75. The molecule has 1 fully saturated rings. The summed E-state index contributed by atoms with van der Waals surface area (Å²) >= 11 is 1.24. The highest BCUT2D eigenvalue weighted by atomic mass is 32.1. The van der Waals surface area contributed by atoms with E-state index in [0.717, 1.165) is 11.8 Å². The number of carboxylic acids is 1. The number of nitrogens with two attached hydrogens (primary N) is 1. The Kier molecular flexibility index (Phi) is 4.03. The van der Waals surface area contributed by atoms with Crippen molar-refractivity contribution in [3.63, 3.8) is 0 Å². The molecule has 5 heterocycles. The molecule has 152 valence electrons. The molecule has 0 aromatic carbocycles. The highest BCUT2D eigenvalue weighted by Gasteiger charge is 2.33. The zero-order chi connectivity index (χ0) is 21.0. The van der Waals surface area contributed by atoms with Crippen LogP contribution in [0.2, 0.25) is 0 Å². The summed E-state index contributed by atoms with van der Waals surface area (Å²) in [5, 5.41) is 18.1. The van der Waals surface area contributed by atoms with E-state index in [9.17, 15) is 19.1 Å². The highest BCUT2D eigenvalue weighted by Crippen LogP contribution is 2.33. The fraction of sp³-hybridized carbons (Fsp3) is 0.167. The molecule has 10 nitrogen and oxygen atoms in total. The van der Waals surface area contributed by atoms with Crippen molar-refractivity contribution in [2.24, 2.45) is 0 Å². The summed E-state index contributed by atoms with van der Waals surface area (Å²) in [4.78, 5) is 34.4. The van der Waals surface area contributed by atoms with Crippen LogP contribution in [0, 0.1) is 5.82 Å². The third-order valence-electron chi connectivity index (χ3n) is 5.01. The molecule has 5 rings (SSSR count). The molecule has 0 bridgehead atoms.